The summed E-state index contributed by atoms with van der Waals surface area (Å²) in [6.07, 6.45) is 10.8. The van der Waals surface area contributed by atoms with Crippen LogP contribution in [0, 0.1) is 0 Å². The van der Waals surface area contributed by atoms with Crippen LogP contribution in [-0.2, 0) is 0 Å². The van der Waals surface area contributed by atoms with Crippen LogP contribution in [0.5, 0.6) is 0 Å². The molecule has 0 N–H and O–H groups in total. The SMILES string of the molecule is C=C(/C=C\C)C(=C)c1c(C(=C)C2=CC=CCC2)c(=O)c2cc3c(=O)c4c(-c5ccccc5)ccc(-c5ccccc5)c4c(=O)c3cc2c1=O. The fourth-order valence-electron chi connectivity index (χ4n) is 6.96. The second kappa shape index (κ2) is 12.4. The van der Waals surface area contributed by atoms with Crippen LogP contribution >= 0.6 is 0 Å². The van der Waals surface area contributed by atoms with Crippen molar-refractivity contribution in [3.8, 4) is 22.3 Å². The summed E-state index contributed by atoms with van der Waals surface area (Å²) in [7, 11) is 0. The quantitative estimate of drug-likeness (QED) is 0.129. The van der Waals surface area contributed by atoms with Crippen molar-refractivity contribution in [3.63, 3.8) is 0 Å². The van der Waals surface area contributed by atoms with Gasteiger partial charge in [0, 0.05) is 43.4 Å². The molecule has 0 saturated heterocycles. The molecule has 6 aromatic rings. The van der Waals surface area contributed by atoms with E-state index in [4.69, 9.17) is 0 Å². The molecule has 0 spiro atoms. The number of benzene rings is 6. The van der Waals surface area contributed by atoms with Gasteiger partial charge >= 0.3 is 0 Å². The molecule has 0 radical (unpaired) electrons. The van der Waals surface area contributed by atoms with Gasteiger partial charge in [-0.15, -0.1) is 0 Å². The standard InChI is InChI=1S/C45H32O4/c1-5-15-26(2)27(3)38-39(28(4)29-16-9-6-10-17-29)43(47)35-25-37-36(24-34(35)42(38)46)44(48)40-32(30-18-11-7-12-19-30)22-23-33(41(40)45(37)49)31-20-13-8-14-21-31/h5-9,11-16,18-25H,2-4,10,17H2,1H3/b15-5-. The van der Waals surface area contributed by atoms with Crippen LogP contribution in [-0.4, -0.2) is 0 Å². The van der Waals surface area contributed by atoms with Crippen molar-refractivity contribution in [2.24, 2.45) is 0 Å². The first-order valence-corrected chi connectivity index (χ1v) is 16.2. The van der Waals surface area contributed by atoms with E-state index >= 15 is 0 Å². The molecule has 1 aliphatic rings. The Morgan fingerprint density at radius 3 is 1.59 bits per heavy atom. The second-order valence-electron chi connectivity index (χ2n) is 12.3. The summed E-state index contributed by atoms with van der Waals surface area (Å²) < 4.78 is 0. The predicted molar refractivity (Wildman–Crippen MR) is 206 cm³/mol. The van der Waals surface area contributed by atoms with Gasteiger partial charge in [-0.1, -0.05) is 123 Å². The molecular formula is C45H32O4. The molecular weight excluding hydrogens is 604 g/mol. The lowest BCUT2D eigenvalue weighted by Gasteiger charge is -2.18. The topological polar surface area (TPSA) is 68.3 Å². The van der Waals surface area contributed by atoms with Crippen LogP contribution in [0.25, 0.3) is 65.7 Å². The molecule has 0 unspecified atom stereocenters. The Kier molecular flexibility index (Phi) is 7.93. The zero-order valence-electron chi connectivity index (χ0n) is 27.1. The van der Waals surface area contributed by atoms with E-state index < -0.39 is 10.9 Å². The third-order valence-corrected chi connectivity index (χ3v) is 9.43. The van der Waals surface area contributed by atoms with Gasteiger partial charge in [0.15, 0.2) is 21.7 Å². The summed E-state index contributed by atoms with van der Waals surface area (Å²) in [4.78, 5) is 58.5. The number of hydrogen-bond acceptors (Lipinski definition) is 4. The van der Waals surface area contributed by atoms with Crippen LogP contribution < -0.4 is 21.7 Å². The van der Waals surface area contributed by atoms with E-state index in [1.165, 1.54) is 12.1 Å². The normalized spacial score (nSPS) is 13.0. The Labute approximate surface area is 283 Å². The summed E-state index contributed by atoms with van der Waals surface area (Å²) >= 11 is 0. The number of allylic oxidation sites excluding steroid dienone is 9. The zero-order chi connectivity index (χ0) is 34.4. The first-order chi connectivity index (χ1) is 23.7. The van der Waals surface area contributed by atoms with Crippen molar-refractivity contribution < 1.29 is 0 Å². The highest BCUT2D eigenvalue weighted by Gasteiger charge is 2.26. The minimum atomic E-state index is -0.469. The molecule has 0 atom stereocenters. The lowest BCUT2D eigenvalue weighted by Crippen LogP contribution is -2.24. The molecule has 0 bridgehead atoms. The Morgan fingerprint density at radius 2 is 1.12 bits per heavy atom. The summed E-state index contributed by atoms with van der Waals surface area (Å²) in [6.45, 7) is 14.4. The first kappa shape index (κ1) is 31.3. The van der Waals surface area contributed by atoms with Gasteiger partial charge in [0.05, 0.1) is 0 Å². The average Bonchev–Trinajstić information content (AvgIpc) is 3.14. The van der Waals surface area contributed by atoms with Crippen LogP contribution in [0.2, 0.25) is 0 Å². The highest BCUT2D eigenvalue weighted by molar-refractivity contribution is 6.13. The van der Waals surface area contributed by atoms with E-state index in [2.05, 4.69) is 19.7 Å². The molecule has 7 rings (SSSR count). The van der Waals surface area contributed by atoms with Gasteiger partial charge < -0.3 is 0 Å². The molecule has 0 fully saturated rings. The van der Waals surface area contributed by atoms with Crippen LogP contribution in [0.3, 0.4) is 0 Å². The van der Waals surface area contributed by atoms with Gasteiger partial charge in [-0.25, -0.2) is 0 Å². The zero-order valence-corrected chi connectivity index (χ0v) is 27.1. The van der Waals surface area contributed by atoms with Gasteiger partial charge in [0.2, 0.25) is 0 Å². The van der Waals surface area contributed by atoms with E-state index in [1.54, 1.807) is 12.2 Å². The van der Waals surface area contributed by atoms with Crippen molar-refractivity contribution in [1.29, 1.82) is 0 Å². The smallest absolute Gasteiger partial charge is 0.195 e. The third kappa shape index (κ3) is 5.10. The molecule has 0 aliphatic heterocycles. The van der Waals surface area contributed by atoms with Crippen molar-refractivity contribution in [3.05, 3.63) is 198 Å². The summed E-state index contributed by atoms with van der Waals surface area (Å²) in [6, 6.07) is 25.5. The lowest BCUT2D eigenvalue weighted by atomic mass is 9.83. The van der Waals surface area contributed by atoms with Gasteiger partial charge in [0.1, 0.15) is 0 Å². The van der Waals surface area contributed by atoms with Crippen molar-refractivity contribution in [2.45, 2.75) is 19.8 Å². The Morgan fingerprint density at radius 1 is 0.633 bits per heavy atom. The van der Waals surface area contributed by atoms with Gasteiger partial charge in [0.25, 0.3) is 0 Å². The number of rotatable bonds is 7. The van der Waals surface area contributed by atoms with Crippen LogP contribution in [0.4, 0.5) is 0 Å². The third-order valence-electron chi connectivity index (χ3n) is 9.43. The Bertz CT molecular complexity index is 2720. The van der Waals surface area contributed by atoms with Gasteiger partial charge in [-0.05, 0) is 76.4 Å². The van der Waals surface area contributed by atoms with E-state index in [9.17, 15) is 19.2 Å². The molecule has 0 heterocycles. The highest BCUT2D eigenvalue weighted by atomic mass is 16.1. The largest absolute Gasteiger partial charge is 0.289 e. The first-order valence-electron chi connectivity index (χ1n) is 16.2. The van der Waals surface area contributed by atoms with Gasteiger partial charge in [-0.2, -0.15) is 0 Å². The van der Waals surface area contributed by atoms with E-state index in [-0.39, 0.29) is 54.3 Å². The molecule has 0 aromatic heterocycles. The summed E-state index contributed by atoms with van der Waals surface area (Å²) in [5.74, 6) is 0. The summed E-state index contributed by atoms with van der Waals surface area (Å²) in [5.41, 5.74) is 3.40. The van der Waals surface area contributed by atoms with Crippen molar-refractivity contribution >= 4 is 43.5 Å². The molecule has 1 aliphatic carbocycles. The van der Waals surface area contributed by atoms with Crippen LogP contribution in [0.1, 0.15) is 30.9 Å². The van der Waals surface area contributed by atoms with Crippen molar-refractivity contribution in [2.75, 3.05) is 0 Å². The Hall–Kier alpha value is -6.26. The lowest BCUT2D eigenvalue weighted by molar-refractivity contribution is 0.996. The van der Waals surface area contributed by atoms with Crippen molar-refractivity contribution in [1.82, 2.24) is 0 Å². The van der Waals surface area contributed by atoms with Crippen LogP contribution in [0.15, 0.2) is 165 Å². The molecule has 236 valence electrons. The predicted octanol–water partition coefficient (Wildman–Crippen LogP) is 9.23. The molecule has 6 aromatic carbocycles. The average molecular weight is 637 g/mol. The number of fused-ring (bicyclic) bond motifs is 3. The monoisotopic (exact) mass is 636 g/mol. The van der Waals surface area contributed by atoms with E-state index in [1.807, 2.05) is 97.9 Å². The fraction of sp³-hybridized carbons (Fsp3) is 0.0667. The minimum Gasteiger partial charge on any atom is -0.289 e. The molecule has 4 heteroatoms. The highest BCUT2D eigenvalue weighted by Crippen LogP contribution is 2.36. The molecule has 49 heavy (non-hydrogen) atoms. The number of hydrogen-bond donors (Lipinski definition) is 0. The maximum absolute atomic E-state index is 14.7. The second-order valence-corrected chi connectivity index (χ2v) is 12.3. The fourth-order valence-corrected chi connectivity index (χ4v) is 6.96. The van der Waals surface area contributed by atoms with E-state index in [0.29, 0.717) is 34.3 Å². The minimum absolute atomic E-state index is 0.0484. The van der Waals surface area contributed by atoms with E-state index in [0.717, 1.165) is 23.1 Å². The molecule has 0 amide bonds. The maximum atomic E-state index is 14.7. The molecule has 0 saturated carbocycles. The molecule has 4 nitrogen and oxygen atoms in total. The maximum Gasteiger partial charge on any atom is 0.195 e. The van der Waals surface area contributed by atoms with Gasteiger partial charge in [-0.3, -0.25) is 19.2 Å². The summed E-state index contributed by atoms with van der Waals surface area (Å²) in [5, 5.41) is 0.824. The Balaban J connectivity index is 1.65.